The Labute approximate surface area is 202 Å². The molecule has 3 aromatic rings. The van der Waals surface area contributed by atoms with Crippen LogP contribution in [0, 0.1) is 5.41 Å². The maximum atomic E-state index is 13.6. The fourth-order valence-electron chi connectivity index (χ4n) is 4.70. The maximum Gasteiger partial charge on any atom is 0.171 e. The van der Waals surface area contributed by atoms with Crippen LogP contribution in [0.3, 0.4) is 0 Å². The van der Waals surface area contributed by atoms with E-state index in [1.165, 1.54) is 0 Å². The van der Waals surface area contributed by atoms with E-state index in [0.29, 0.717) is 17.8 Å². The first kappa shape index (κ1) is 23.7. The zero-order valence-corrected chi connectivity index (χ0v) is 20.3. The molecule has 1 aliphatic rings. The molecule has 174 valence electrons. The van der Waals surface area contributed by atoms with Gasteiger partial charge in [0.15, 0.2) is 5.78 Å². The summed E-state index contributed by atoms with van der Waals surface area (Å²) in [6.07, 6.45) is 3.95. The lowest BCUT2D eigenvalue weighted by atomic mass is 9.74. The summed E-state index contributed by atoms with van der Waals surface area (Å²) < 4.78 is 12.6. The fourth-order valence-corrected chi connectivity index (χ4v) is 4.70. The van der Waals surface area contributed by atoms with Gasteiger partial charge in [-0.05, 0) is 49.1 Å². The Hall–Kier alpha value is -3.43. The predicted molar refractivity (Wildman–Crippen MR) is 136 cm³/mol. The molecule has 0 heterocycles. The Kier molecular flexibility index (Phi) is 6.85. The lowest BCUT2D eigenvalue weighted by Gasteiger charge is -2.40. The van der Waals surface area contributed by atoms with Gasteiger partial charge in [0.25, 0.3) is 0 Å². The van der Waals surface area contributed by atoms with Crippen molar-refractivity contribution < 1.29 is 14.3 Å². The summed E-state index contributed by atoms with van der Waals surface area (Å²) >= 11 is 0. The molecule has 0 radical (unpaired) electrons. The van der Waals surface area contributed by atoms with E-state index in [9.17, 15) is 4.79 Å². The Bertz CT molecular complexity index is 1080. The number of hydrogen-bond donors (Lipinski definition) is 0. The molecule has 3 heteroatoms. The van der Waals surface area contributed by atoms with E-state index in [1.54, 1.807) is 7.11 Å². The standard InChI is InChI=1S/C31H32O3/c1-5-30(3)22-27(33-4)21-28(29(30)32)23(2)34-31(24-15-9-6-10-16-24,25-17-11-7-12-18-25)26-19-13-8-14-20-26/h6-23H,5H2,1-4H3/t23-,30+/m0/s1. The highest BCUT2D eigenvalue weighted by atomic mass is 16.5. The van der Waals surface area contributed by atoms with Crippen molar-refractivity contribution >= 4 is 5.78 Å². The Morgan fingerprint density at radius 3 is 1.65 bits per heavy atom. The number of ketones is 1. The van der Waals surface area contributed by atoms with Crippen LogP contribution >= 0.6 is 0 Å². The molecular formula is C31H32O3. The number of rotatable bonds is 8. The second kappa shape index (κ2) is 9.82. The number of benzene rings is 3. The van der Waals surface area contributed by atoms with E-state index in [-0.39, 0.29) is 5.78 Å². The summed E-state index contributed by atoms with van der Waals surface area (Å²) in [7, 11) is 1.64. The van der Waals surface area contributed by atoms with Gasteiger partial charge < -0.3 is 9.47 Å². The van der Waals surface area contributed by atoms with Crippen molar-refractivity contribution in [3.8, 4) is 0 Å². The molecule has 34 heavy (non-hydrogen) atoms. The molecular weight excluding hydrogens is 420 g/mol. The zero-order valence-electron chi connectivity index (χ0n) is 20.3. The average Bonchev–Trinajstić information content (AvgIpc) is 2.90. The average molecular weight is 453 g/mol. The molecule has 0 unspecified atom stereocenters. The number of carbonyl (C=O) groups excluding carboxylic acids is 1. The first-order valence-corrected chi connectivity index (χ1v) is 11.8. The number of hydrogen-bond acceptors (Lipinski definition) is 3. The fraction of sp³-hybridized carbons (Fsp3) is 0.258. The molecule has 0 aromatic heterocycles. The summed E-state index contributed by atoms with van der Waals surface area (Å²) in [5, 5.41) is 0. The van der Waals surface area contributed by atoms with Crippen LogP contribution in [0.2, 0.25) is 0 Å². The summed E-state index contributed by atoms with van der Waals surface area (Å²) in [4.78, 5) is 13.6. The number of Topliss-reactive ketones (excluding diaryl/α,β-unsaturated/α-hetero) is 1. The monoisotopic (exact) mass is 452 g/mol. The van der Waals surface area contributed by atoms with Crippen LogP contribution in [0.1, 0.15) is 43.9 Å². The van der Waals surface area contributed by atoms with E-state index in [2.05, 4.69) is 36.4 Å². The van der Waals surface area contributed by atoms with Crippen molar-refractivity contribution in [1.82, 2.24) is 0 Å². The summed E-state index contributed by atoms with van der Waals surface area (Å²) in [6.45, 7) is 5.95. The van der Waals surface area contributed by atoms with Crippen molar-refractivity contribution in [3.05, 3.63) is 131 Å². The third kappa shape index (κ3) is 4.24. The molecule has 0 amide bonds. The normalized spacial score (nSPS) is 19.2. The molecule has 0 aliphatic heterocycles. The van der Waals surface area contributed by atoms with Gasteiger partial charge in [-0.25, -0.2) is 0 Å². The van der Waals surface area contributed by atoms with Crippen LogP contribution in [0.5, 0.6) is 0 Å². The van der Waals surface area contributed by atoms with Crippen LogP contribution in [-0.4, -0.2) is 19.0 Å². The van der Waals surface area contributed by atoms with Gasteiger partial charge >= 0.3 is 0 Å². The van der Waals surface area contributed by atoms with Gasteiger partial charge in [-0.1, -0.05) is 97.9 Å². The van der Waals surface area contributed by atoms with Crippen LogP contribution < -0.4 is 0 Å². The van der Waals surface area contributed by atoms with Crippen LogP contribution in [-0.2, 0) is 19.9 Å². The van der Waals surface area contributed by atoms with Crippen LogP contribution in [0.25, 0.3) is 0 Å². The topological polar surface area (TPSA) is 35.5 Å². The minimum absolute atomic E-state index is 0.0754. The number of allylic oxidation sites excluding steroid dienone is 2. The molecule has 2 atom stereocenters. The first-order valence-electron chi connectivity index (χ1n) is 11.8. The third-order valence-corrected chi connectivity index (χ3v) is 6.84. The van der Waals surface area contributed by atoms with Crippen LogP contribution in [0.15, 0.2) is 114 Å². The summed E-state index contributed by atoms with van der Waals surface area (Å²) in [5.74, 6) is 0.769. The highest BCUT2D eigenvalue weighted by molar-refractivity contribution is 6.03. The van der Waals surface area contributed by atoms with Crippen molar-refractivity contribution in [2.45, 2.75) is 38.9 Å². The zero-order chi connectivity index (χ0) is 24.2. The van der Waals surface area contributed by atoms with Crippen LogP contribution in [0.4, 0.5) is 0 Å². The highest BCUT2D eigenvalue weighted by Crippen LogP contribution is 2.44. The minimum Gasteiger partial charge on any atom is -0.497 e. The molecule has 0 saturated carbocycles. The Morgan fingerprint density at radius 1 is 0.824 bits per heavy atom. The smallest absolute Gasteiger partial charge is 0.171 e. The largest absolute Gasteiger partial charge is 0.497 e. The van der Waals surface area contributed by atoms with Crippen molar-refractivity contribution in [1.29, 1.82) is 0 Å². The lowest BCUT2D eigenvalue weighted by molar-refractivity contribution is -0.124. The van der Waals surface area contributed by atoms with Gasteiger partial charge in [-0.15, -0.1) is 0 Å². The second-order valence-corrected chi connectivity index (χ2v) is 8.99. The van der Waals surface area contributed by atoms with Crippen molar-refractivity contribution in [2.75, 3.05) is 7.11 Å². The van der Waals surface area contributed by atoms with E-state index in [0.717, 1.165) is 16.7 Å². The predicted octanol–water partition coefficient (Wildman–Crippen LogP) is 6.84. The second-order valence-electron chi connectivity index (χ2n) is 8.99. The Balaban J connectivity index is 1.90. The van der Waals surface area contributed by atoms with Crippen molar-refractivity contribution in [2.24, 2.45) is 5.41 Å². The summed E-state index contributed by atoms with van der Waals surface area (Å²) in [5.41, 5.74) is 2.11. The van der Waals surface area contributed by atoms with E-state index in [4.69, 9.17) is 9.47 Å². The molecule has 4 rings (SSSR count). The van der Waals surface area contributed by atoms with Gasteiger partial charge in [0.2, 0.25) is 0 Å². The molecule has 1 aliphatic carbocycles. The van der Waals surface area contributed by atoms with Gasteiger partial charge in [0, 0.05) is 5.57 Å². The number of ether oxygens (including phenoxy) is 2. The third-order valence-electron chi connectivity index (χ3n) is 6.84. The van der Waals surface area contributed by atoms with Gasteiger partial charge in [-0.2, -0.15) is 0 Å². The highest BCUT2D eigenvalue weighted by Gasteiger charge is 2.43. The van der Waals surface area contributed by atoms with Crippen molar-refractivity contribution in [3.63, 3.8) is 0 Å². The molecule has 0 spiro atoms. The Morgan fingerprint density at radius 2 is 1.26 bits per heavy atom. The first-order chi connectivity index (χ1) is 16.4. The summed E-state index contributed by atoms with van der Waals surface area (Å²) in [6, 6.07) is 30.6. The minimum atomic E-state index is -0.901. The maximum absolute atomic E-state index is 13.6. The van der Waals surface area contributed by atoms with Gasteiger partial charge in [-0.3, -0.25) is 4.79 Å². The molecule has 0 saturated heterocycles. The molecule has 0 N–H and O–H groups in total. The van der Waals surface area contributed by atoms with Gasteiger partial charge in [0.1, 0.15) is 11.4 Å². The van der Waals surface area contributed by atoms with E-state index < -0.39 is 17.1 Å². The van der Waals surface area contributed by atoms with E-state index in [1.807, 2.05) is 87.5 Å². The molecule has 0 bridgehead atoms. The number of carbonyl (C=O) groups is 1. The number of methoxy groups -OCH3 is 1. The quantitative estimate of drug-likeness (QED) is 0.351. The molecule has 3 nitrogen and oxygen atoms in total. The molecule has 0 fully saturated rings. The SMILES string of the molecule is CC[C@]1(C)C=C(OC)C=C([C@H](C)OC(c2ccccc2)(c2ccccc2)c2ccccc2)C1=O. The van der Waals surface area contributed by atoms with Gasteiger partial charge in [0.05, 0.1) is 18.6 Å². The van der Waals surface area contributed by atoms with E-state index >= 15 is 0 Å². The molecule has 3 aromatic carbocycles. The lowest BCUT2D eigenvalue weighted by Crippen LogP contribution is -2.40.